The number of aromatic nitrogens is 3. The fourth-order valence-electron chi connectivity index (χ4n) is 2.68. The lowest BCUT2D eigenvalue weighted by atomic mass is 10.1. The Morgan fingerprint density at radius 1 is 1.39 bits per heavy atom. The first-order chi connectivity index (χ1) is 13.2. The average molecular weight is 414 g/mol. The predicted octanol–water partition coefficient (Wildman–Crippen LogP) is 2.34. The molecule has 0 bridgehead atoms. The van der Waals surface area contributed by atoms with E-state index >= 15 is 0 Å². The predicted molar refractivity (Wildman–Crippen MR) is 109 cm³/mol. The van der Waals surface area contributed by atoms with E-state index in [9.17, 15) is 14.8 Å². The highest BCUT2D eigenvalue weighted by Gasteiger charge is 2.27. The van der Waals surface area contributed by atoms with Gasteiger partial charge in [-0.2, -0.15) is 0 Å². The maximum Gasteiger partial charge on any atom is 0.194 e. The molecule has 0 aliphatic carbocycles. The van der Waals surface area contributed by atoms with Crippen LogP contribution in [0, 0.1) is 0 Å². The monoisotopic (exact) mass is 414 g/mol. The lowest BCUT2D eigenvalue weighted by Gasteiger charge is -2.29. The Morgan fingerprint density at radius 2 is 2.11 bits per heavy atom. The van der Waals surface area contributed by atoms with Crippen LogP contribution in [0.25, 0.3) is 11.0 Å². The van der Waals surface area contributed by atoms with Gasteiger partial charge in [0, 0.05) is 11.9 Å². The summed E-state index contributed by atoms with van der Waals surface area (Å²) in [6, 6.07) is 1.73. The van der Waals surface area contributed by atoms with E-state index in [1.165, 1.54) is 6.33 Å². The van der Waals surface area contributed by atoms with E-state index < -0.39 is 32.6 Å². The molecular formula is C18H31N4O5P. The van der Waals surface area contributed by atoms with Gasteiger partial charge in [0.25, 0.3) is 0 Å². The minimum Gasteiger partial charge on any atom is -0.394 e. The number of nitrogen functional groups attached to an aromatic ring is 1. The molecule has 3 unspecified atom stereocenters. The first-order valence-corrected chi connectivity index (χ1v) is 10.8. The molecule has 4 N–H and O–H groups in total. The van der Waals surface area contributed by atoms with E-state index in [-0.39, 0.29) is 12.3 Å². The van der Waals surface area contributed by atoms with Crippen LogP contribution in [-0.2, 0) is 13.8 Å². The van der Waals surface area contributed by atoms with E-state index in [2.05, 4.69) is 9.97 Å². The summed E-state index contributed by atoms with van der Waals surface area (Å²) in [4.78, 5) is 8.15. The summed E-state index contributed by atoms with van der Waals surface area (Å²) in [7, 11) is -2.15. The number of hydrogen-bond acceptors (Lipinski definition) is 8. The van der Waals surface area contributed by atoms with Crippen molar-refractivity contribution >= 4 is 24.9 Å². The summed E-state index contributed by atoms with van der Waals surface area (Å²) in [5, 5.41) is 20.3. The summed E-state index contributed by atoms with van der Waals surface area (Å²) in [6.07, 6.45) is 2.25. The number of rotatable bonds is 11. The van der Waals surface area contributed by atoms with Gasteiger partial charge in [-0.15, -0.1) is 0 Å². The molecule has 10 heteroatoms. The molecule has 0 saturated carbocycles. The largest absolute Gasteiger partial charge is 0.394 e. The van der Waals surface area contributed by atoms with E-state index in [4.69, 9.17) is 15.0 Å². The van der Waals surface area contributed by atoms with E-state index in [0.717, 1.165) is 6.42 Å². The van der Waals surface area contributed by atoms with Gasteiger partial charge in [0.15, 0.2) is 14.3 Å². The lowest BCUT2D eigenvalue weighted by Crippen LogP contribution is -2.32. The Bertz CT molecular complexity index is 797. The van der Waals surface area contributed by atoms with Crippen molar-refractivity contribution in [3.05, 3.63) is 18.6 Å². The van der Waals surface area contributed by atoms with Crippen molar-refractivity contribution in [3.63, 3.8) is 0 Å². The van der Waals surface area contributed by atoms with Crippen molar-refractivity contribution in [3.8, 4) is 0 Å². The van der Waals surface area contributed by atoms with Gasteiger partial charge in [0.1, 0.15) is 23.9 Å². The zero-order valence-electron chi connectivity index (χ0n) is 16.8. The molecule has 0 aliphatic heterocycles. The summed E-state index contributed by atoms with van der Waals surface area (Å²) in [5.41, 5.74) is 5.74. The molecular weight excluding hydrogens is 383 g/mol. The fraction of sp³-hybridized carbons (Fsp3) is 0.667. The van der Waals surface area contributed by atoms with Gasteiger partial charge in [0.2, 0.25) is 0 Å². The van der Waals surface area contributed by atoms with Gasteiger partial charge < -0.3 is 29.8 Å². The molecule has 4 atom stereocenters. The first kappa shape index (κ1) is 22.8. The molecule has 0 saturated heterocycles. The zero-order chi connectivity index (χ0) is 20.9. The van der Waals surface area contributed by atoms with E-state index in [1.807, 2.05) is 27.7 Å². The minimum absolute atomic E-state index is 0.0190. The SMILES string of the molecule is CCC(C)[PH](=O)OC(C)(C)CCOC([C@H](O)CO)n1ccc2c(N)ncnc21. The van der Waals surface area contributed by atoms with Gasteiger partial charge >= 0.3 is 0 Å². The highest BCUT2D eigenvalue weighted by Crippen LogP contribution is 2.38. The average Bonchev–Trinajstić information content (AvgIpc) is 3.08. The number of aliphatic hydroxyl groups excluding tert-OH is 2. The Hall–Kier alpha value is -1.51. The van der Waals surface area contributed by atoms with Gasteiger partial charge in [-0.3, -0.25) is 4.57 Å². The maximum atomic E-state index is 12.2. The van der Waals surface area contributed by atoms with Crippen LogP contribution in [0.4, 0.5) is 5.82 Å². The molecule has 9 nitrogen and oxygen atoms in total. The summed E-state index contributed by atoms with van der Waals surface area (Å²) < 4.78 is 25.5. The Morgan fingerprint density at radius 3 is 2.75 bits per heavy atom. The molecule has 158 valence electrons. The van der Waals surface area contributed by atoms with Crippen molar-refractivity contribution in [2.75, 3.05) is 18.9 Å². The number of hydrogen-bond donors (Lipinski definition) is 3. The highest BCUT2D eigenvalue weighted by molar-refractivity contribution is 7.40. The number of nitrogens with zero attached hydrogens (tertiary/aromatic N) is 3. The molecule has 28 heavy (non-hydrogen) atoms. The molecule has 2 aromatic rings. The van der Waals surface area contributed by atoms with Gasteiger partial charge in [-0.25, -0.2) is 9.97 Å². The summed E-state index contributed by atoms with van der Waals surface area (Å²) in [5.74, 6) is 0.325. The van der Waals surface area contributed by atoms with Gasteiger partial charge in [-0.05, 0) is 32.8 Å². The van der Waals surface area contributed by atoms with Crippen molar-refractivity contribution in [2.24, 2.45) is 0 Å². The van der Waals surface area contributed by atoms with Crippen LogP contribution in [0.2, 0.25) is 0 Å². The van der Waals surface area contributed by atoms with Crippen LogP contribution >= 0.6 is 8.03 Å². The number of ether oxygens (including phenoxy) is 1. The highest BCUT2D eigenvalue weighted by atomic mass is 31.1. The summed E-state index contributed by atoms with van der Waals surface area (Å²) in [6.45, 7) is 7.35. The fourth-order valence-corrected chi connectivity index (χ4v) is 3.86. The first-order valence-electron chi connectivity index (χ1n) is 9.40. The van der Waals surface area contributed by atoms with Crippen LogP contribution < -0.4 is 5.73 Å². The van der Waals surface area contributed by atoms with Gasteiger partial charge in [0.05, 0.1) is 24.2 Å². The van der Waals surface area contributed by atoms with Crippen LogP contribution in [0.3, 0.4) is 0 Å². The molecule has 2 aromatic heterocycles. The van der Waals surface area contributed by atoms with Crippen molar-refractivity contribution < 1.29 is 24.0 Å². The lowest BCUT2D eigenvalue weighted by molar-refractivity contribution is -0.104. The van der Waals surface area contributed by atoms with Crippen LogP contribution in [0.5, 0.6) is 0 Å². The third-order valence-corrected chi connectivity index (χ3v) is 6.68. The standard InChI is InChI=1S/C18H31N4O5P/c1-5-12(2)28(25)27-18(3,4)7-9-26-17(14(24)10-23)22-8-6-13-15(19)20-11-21-16(13)22/h6,8,11-12,14,17,23-24,28H,5,7,9-10H2,1-4H3,(H2,19,20,21)/t12?,14-,17?/m1/s1. The molecule has 0 aliphatic rings. The molecule has 2 rings (SSSR count). The Kier molecular flexibility index (Phi) is 7.97. The van der Waals surface area contributed by atoms with E-state index in [0.29, 0.717) is 23.3 Å². The van der Waals surface area contributed by atoms with Gasteiger partial charge in [-0.1, -0.05) is 13.8 Å². The summed E-state index contributed by atoms with van der Waals surface area (Å²) >= 11 is 0. The number of nitrogens with two attached hydrogens (primary N) is 1. The Labute approximate surface area is 165 Å². The smallest absolute Gasteiger partial charge is 0.194 e. The van der Waals surface area contributed by atoms with Crippen molar-refractivity contribution in [1.82, 2.24) is 14.5 Å². The quantitative estimate of drug-likeness (QED) is 0.477. The van der Waals surface area contributed by atoms with E-state index in [1.54, 1.807) is 16.8 Å². The molecule has 0 spiro atoms. The third-order valence-electron chi connectivity index (χ3n) is 4.71. The third kappa shape index (κ3) is 5.52. The second kappa shape index (κ2) is 9.80. The number of aliphatic hydroxyl groups is 2. The molecule has 0 amide bonds. The van der Waals surface area contributed by atoms with Crippen LogP contribution in [0.15, 0.2) is 18.6 Å². The minimum atomic E-state index is -2.15. The Balaban J connectivity index is 2.09. The second-order valence-corrected chi connectivity index (χ2v) is 9.30. The normalized spacial score (nSPS) is 16.8. The number of fused-ring (bicyclic) bond motifs is 1. The van der Waals surface area contributed by atoms with Crippen LogP contribution in [-0.4, -0.2) is 55.3 Å². The van der Waals surface area contributed by atoms with Crippen LogP contribution in [0.1, 0.15) is 46.8 Å². The topological polar surface area (TPSA) is 133 Å². The zero-order valence-corrected chi connectivity index (χ0v) is 17.8. The molecule has 0 fully saturated rings. The van der Waals surface area contributed by atoms with Crippen molar-refractivity contribution in [1.29, 1.82) is 0 Å². The second-order valence-electron chi connectivity index (χ2n) is 7.47. The maximum absolute atomic E-state index is 12.2. The molecule has 0 radical (unpaired) electrons. The molecule has 2 heterocycles. The van der Waals surface area contributed by atoms with Crippen molar-refractivity contribution in [2.45, 2.75) is 64.1 Å². The molecule has 0 aromatic carbocycles. The number of anilines is 1.